The number of benzene rings is 2. The van der Waals surface area contributed by atoms with E-state index in [1.54, 1.807) is 24.3 Å². The summed E-state index contributed by atoms with van der Waals surface area (Å²) in [6, 6.07) is 10.3. The summed E-state index contributed by atoms with van der Waals surface area (Å²) in [6.45, 7) is 0.871. The summed E-state index contributed by atoms with van der Waals surface area (Å²) >= 11 is 3.37. The van der Waals surface area contributed by atoms with Gasteiger partial charge in [-0.3, -0.25) is 19.7 Å². The van der Waals surface area contributed by atoms with Gasteiger partial charge in [-0.2, -0.15) is 0 Å². The lowest BCUT2D eigenvalue weighted by molar-refractivity contribution is -0.384. The second-order valence-corrected chi connectivity index (χ2v) is 10.8. The van der Waals surface area contributed by atoms with Crippen LogP contribution in [-0.2, 0) is 9.59 Å². The van der Waals surface area contributed by atoms with Gasteiger partial charge in [-0.05, 0) is 61.6 Å². The fourth-order valence-corrected chi connectivity index (χ4v) is 5.98. The highest BCUT2D eigenvalue weighted by molar-refractivity contribution is 9.10. The third-order valence-electron chi connectivity index (χ3n) is 7.43. The molecule has 0 aromatic heterocycles. The van der Waals surface area contributed by atoms with Crippen LogP contribution in [0.2, 0.25) is 0 Å². The Morgan fingerprint density at radius 2 is 1.95 bits per heavy atom. The maximum Gasteiger partial charge on any atom is 0.271 e. The molecule has 0 saturated carbocycles. The molecule has 4 rings (SSSR count). The Morgan fingerprint density at radius 1 is 1.21 bits per heavy atom. The number of anilines is 1. The van der Waals surface area contributed by atoms with Gasteiger partial charge in [-0.15, -0.1) is 0 Å². The van der Waals surface area contributed by atoms with Crippen molar-refractivity contribution in [2.45, 2.75) is 32.3 Å². The van der Waals surface area contributed by atoms with Gasteiger partial charge in [0.2, 0.25) is 11.8 Å². The van der Waals surface area contributed by atoms with E-state index >= 15 is 0 Å². The van der Waals surface area contributed by atoms with Gasteiger partial charge >= 0.3 is 0 Å². The molecule has 2 aromatic rings. The second kappa shape index (κ2) is 11.8. The van der Waals surface area contributed by atoms with Gasteiger partial charge in [0.25, 0.3) is 5.69 Å². The second-order valence-electron chi connectivity index (χ2n) is 9.88. The molecule has 0 radical (unpaired) electrons. The standard InChI is InChI=1S/C28H29BrN2O8/c1-15(9-16-10-18(29)6-8-23(16)34)5-7-24(35)25-17(13-32)11-21-26(22(25)14-33)28(37)30(27(21)36)19-3-2-4-20(12-19)31(38)39/h2-4,6,8-10,12,21-22,24,26,32-35H,5,7,11,13-14H2,1H3/b15-9+/t21-,22+,24-,26-/m1/s1. The molecule has 39 heavy (non-hydrogen) atoms. The number of allylic oxidation sites excluding steroid dienone is 1. The lowest BCUT2D eigenvalue weighted by atomic mass is 9.68. The van der Waals surface area contributed by atoms with Gasteiger partial charge in [-0.25, -0.2) is 4.90 Å². The molecule has 4 N–H and O–H groups in total. The van der Waals surface area contributed by atoms with Crippen molar-refractivity contribution in [3.05, 3.63) is 79.3 Å². The SMILES string of the molecule is C/C(=C\c1cc(Br)ccc1O)CC[C@@H](O)C1=C(CO)C[C@H]2C(=O)N(c3cccc([N+](=O)[O-])c3)C(=O)[C@H]2[C@H]1CO. The summed E-state index contributed by atoms with van der Waals surface area (Å²) in [7, 11) is 0. The third kappa shape index (κ3) is 5.67. The lowest BCUT2D eigenvalue weighted by Gasteiger charge is -2.36. The maximum atomic E-state index is 13.5. The van der Waals surface area contributed by atoms with E-state index in [1.165, 1.54) is 18.2 Å². The summed E-state index contributed by atoms with van der Waals surface area (Å²) in [5.74, 6) is -3.80. The first-order valence-electron chi connectivity index (χ1n) is 12.5. The van der Waals surface area contributed by atoms with Gasteiger partial charge < -0.3 is 20.4 Å². The quantitative estimate of drug-likeness (QED) is 0.146. The van der Waals surface area contributed by atoms with Gasteiger partial charge in [0.15, 0.2) is 0 Å². The molecule has 11 heteroatoms. The minimum atomic E-state index is -1.10. The summed E-state index contributed by atoms with van der Waals surface area (Å²) in [6.07, 6.45) is 1.37. The summed E-state index contributed by atoms with van der Waals surface area (Å²) in [4.78, 5) is 38.4. The summed E-state index contributed by atoms with van der Waals surface area (Å²) in [5, 5.41) is 53.0. The van der Waals surface area contributed by atoms with Gasteiger partial charge in [0.05, 0.1) is 41.8 Å². The average Bonchev–Trinajstić information content (AvgIpc) is 3.17. The first kappa shape index (κ1) is 28.6. The third-order valence-corrected chi connectivity index (χ3v) is 7.93. The van der Waals surface area contributed by atoms with Crippen LogP contribution in [0.15, 0.2) is 63.7 Å². The van der Waals surface area contributed by atoms with E-state index in [1.807, 2.05) is 6.92 Å². The Hall–Kier alpha value is -3.38. The Morgan fingerprint density at radius 3 is 2.62 bits per heavy atom. The van der Waals surface area contributed by atoms with Crippen LogP contribution in [0.3, 0.4) is 0 Å². The number of nitro benzene ring substituents is 1. The summed E-state index contributed by atoms with van der Waals surface area (Å²) in [5.41, 5.74) is 2.02. The zero-order valence-corrected chi connectivity index (χ0v) is 22.7. The van der Waals surface area contributed by atoms with Crippen molar-refractivity contribution in [3.8, 4) is 5.75 Å². The first-order chi connectivity index (χ1) is 18.6. The topological polar surface area (TPSA) is 161 Å². The molecule has 0 unspecified atom stereocenters. The molecule has 1 fully saturated rings. The maximum absolute atomic E-state index is 13.5. The fraction of sp³-hybridized carbons (Fsp3) is 0.357. The fourth-order valence-electron chi connectivity index (χ4n) is 5.60. The predicted octanol–water partition coefficient (Wildman–Crippen LogP) is 3.71. The molecule has 1 aliphatic heterocycles. The van der Waals surface area contributed by atoms with Crippen LogP contribution in [0.5, 0.6) is 5.75 Å². The number of hydrogen-bond donors (Lipinski definition) is 4. The largest absolute Gasteiger partial charge is 0.507 e. The number of rotatable bonds is 9. The molecule has 4 atom stereocenters. The number of nitro groups is 1. The van der Waals surface area contributed by atoms with E-state index < -0.39 is 53.8 Å². The highest BCUT2D eigenvalue weighted by atomic mass is 79.9. The number of phenols is 1. The van der Waals surface area contributed by atoms with Crippen LogP contribution in [0.4, 0.5) is 11.4 Å². The van der Waals surface area contributed by atoms with E-state index in [9.17, 15) is 40.1 Å². The average molecular weight is 601 g/mol. The van der Waals surface area contributed by atoms with Crippen LogP contribution >= 0.6 is 15.9 Å². The molecule has 1 heterocycles. The molecule has 2 aromatic carbocycles. The van der Waals surface area contributed by atoms with E-state index in [4.69, 9.17) is 0 Å². The van der Waals surface area contributed by atoms with E-state index in [0.29, 0.717) is 23.1 Å². The molecule has 1 saturated heterocycles. The van der Waals surface area contributed by atoms with Crippen molar-refractivity contribution >= 4 is 45.2 Å². The Balaban J connectivity index is 1.58. The van der Waals surface area contributed by atoms with E-state index in [0.717, 1.165) is 21.0 Å². The molecule has 0 bridgehead atoms. The zero-order valence-electron chi connectivity index (χ0n) is 21.2. The number of aliphatic hydroxyl groups excluding tert-OH is 3. The number of fused-ring (bicyclic) bond motifs is 1. The van der Waals surface area contributed by atoms with Crippen molar-refractivity contribution in [1.82, 2.24) is 0 Å². The van der Waals surface area contributed by atoms with Gasteiger partial charge in [0.1, 0.15) is 5.75 Å². The van der Waals surface area contributed by atoms with Crippen molar-refractivity contribution in [2.24, 2.45) is 17.8 Å². The number of aromatic hydroxyl groups is 1. The molecular weight excluding hydrogens is 572 g/mol. The van der Waals surface area contributed by atoms with Crippen molar-refractivity contribution in [1.29, 1.82) is 0 Å². The Labute approximate surface area is 233 Å². The van der Waals surface area contributed by atoms with Crippen molar-refractivity contribution in [3.63, 3.8) is 0 Å². The molecule has 206 valence electrons. The zero-order chi connectivity index (χ0) is 28.4. The van der Waals surface area contributed by atoms with Gasteiger partial charge in [0, 0.05) is 28.1 Å². The number of halogens is 1. The number of non-ortho nitro benzene ring substituents is 1. The molecular formula is C28H29BrN2O8. The molecule has 2 aliphatic rings. The van der Waals surface area contributed by atoms with Gasteiger partial charge in [-0.1, -0.05) is 33.6 Å². The number of imide groups is 1. The van der Waals surface area contributed by atoms with Crippen molar-refractivity contribution in [2.75, 3.05) is 18.1 Å². The Bertz CT molecular complexity index is 1370. The van der Waals surface area contributed by atoms with Crippen LogP contribution in [0.25, 0.3) is 6.08 Å². The van der Waals surface area contributed by atoms with Crippen molar-refractivity contribution < 1.29 is 34.9 Å². The number of phenolic OH excluding ortho intramolecular Hbond substituents is 1. The number of amides is 2. The highest BCUT2D eigenvalue weighted by Crippen LogP contribution is 2.47. The molecule has 2 amide bonds. The summed E-state index contributed by atoms with van der Waals surface area (Å²) < 4.78 is 0.801. The molecule has 0 spiro atoms. The highest BCUT2D eigenvalue weighted by Gasteiger charge is 2.55. The number of nitrogens with zero attached hydrogens (tertiary/aromatic N) is 2. The van der Waals surface area contributed by atoms with E-state index in [2.05, 4.69) is 15.9 Å². The minimum absolute atomic E-state index is 0.0286. The van der Waals surface area contributed by atoms with Crippen LogP contribution in [0, 0.1) is 27.9 Å². The molecule has 10 nitrogen and oxygen atoms in total. The number of hydrogen-bond acceptors (Lipinski definition) is 8. The van der Waals surface area contributed by atoms with E-state index in [-0.39, 0.29) is 30.0 Å². The van der Waals surface area contributed by atoms with Crippen LogP contribution < -0.4 is 4.90 Å². The first-order valence-corrected chi connectivity index (χ1v) is 13.3. The van der Waals surface area contributed by atoms with Crippen LogP contribution in [0.1, 0.15) is 31.7 Å². The number of carbonyl (C=O) groups excluding carboxylic acids is 2. The lowest BCUT2D eigenvalue weighted by Crippen LogP contribution is -2.39. The molecule has 1 aliphatic carbocycles. The van der Waals surface area contributed by atoms with Crippen LogP contribution in [-0.4, -0.2) is 56.5 Å². The number of aliphatic hydroxyl groups is 3. The monoisotopic (exact) mass is 600 g/mol. The smallest absolute Gasteiger partial charge is 0.271 e. The predicted molar refractivity (Wildman–Crippen MR) is 147 cm³/mol. The minimum Gasteiger partial charge on any atom is -0.507 e. The Kier molecular flexibility index (Phi) is 8.65. The number of carbonyl (C=O) groups is 2. The normalized spacial score (nSPS) is 22.3.